The molecule has 0 aliphatic carbocycles. The van der Waals surface area contributed by atoms with Gasteiger partial charge in [0, 0.05) is 4.90 Å². The SMILES string of the molecule is Cc1cccc([SiH2]CSc2ccccc2O)c1C. The summed E-state index contributed by atoms with van der Waals surface area (Å²) in [7, 11) is -0.270. The molecule has 94 valence electrons. The van der Waals surface area contributed by atoms with E-state index in [-0.39, 0.29) is 9.52 Å². The number of benzene rings is 2. The summed E-state index contributed by atoms with van der Waals surface area (Å²) in [4.78, 5) is 0.996. The molecular weight excluding hydrogens is 256 g/mol. The van der Waals surface area contributed by atoms with E-state index in [2.05, 4.69) is 32.0 Å². The van der Waals surface area contributed by atoms with Crippen LogP contribution in [0.1, 0.15) is 11.1 Å². The first kappa shape index (κ1) is 13.2. The predicted octanol–water partition coefficient (Wildman–Crippen LogP) is 2.55. The summed E-state index contributed by atoms with van der Waals surface area (Å²) >= 11 is 1.77. The fourth-order valence-electron chi connectivity index (χ4n) is 1.93. The molecule has 0 unspecified atom stereocenters. The van der Waals surface area contributed by atoms with E-state index in [4.69, 9.17) is 0 Å². The molecular formula is C15H18OSSi. The van der Waals surface area contributed by atoms with Crippen molar-refractivity contribution in [1.29, 1.82) is 0 Å². The minimum Gasteiger partial charge on any atom is -0.507 e. The molecule has 2 aromatic rings. The van der Waals surface area contributed by atoms with E-state index < -0.39 is 0 Å². The third-order valence-electron chi connectivity index (χ3n) is 3.21. The maximum atomic E-state index is 9.70. The van der Waals surface area contributed by atoms with E-state index in [9.17, 15) is 5.11 Å². The molecule has 0 spiro atoms. The molecule has 0 amide bonds. The molecule has 0 heterocycles. The zero-order chi connectivity index (χ0) is 13.0. The number of aryl methyl sites for hydroxylation is 1. The largest absolute Gasteiger partial charge is 0.507 e. The molecule has 0 aliphatic rings. The lowest BCUT2D eigenvalue weighted by Crippen LogP contribution is -2.20. The Morgan fingerprint density at radius 2 is 1.83 bits per heavy atom. The van der Waals surface area contributed by atoms with Gasteiger partial charge in [-0.05, 0) is 42.5 Å². The molecule has 2 aromatic carbocycles. The molecule has 1 N–H and O–H groups in total. The normalized spacial score (nSPS) is 11.2. The number of hydrogen-bond acceptors (Lipinski definition) is 2. The quantitative estimate of drug-likeness (QED) is 0.683. The van der Waals surface area contributed by atoms with Crippen molar-refractivity contribution in [2.45, 2.75) is 18.7 Å². The smallest absolute Gasteiger partial charge is 0.129 e. The van der Waals surface area contributed by atoms with Crippen LogP contribution in [-0.2, 0) is 0 Å². The van der Waals surface area contributed by atoms with E-state index in [0.29, 0.717) is 5.75 Å². The average molecular weight is 274 g/mol. The van der Waals surface area contributed by atoms with Gasteiger partial charge in [0.1, 0.15) is 5.75 Å². The van der Waals surface area contributed by atoms with Crippen molar-refractivity contribution in [3.63, 3.8) is 0 Å². The molecule has 0 atom stereocenters. The first-order valence-corrected chi connectivity index (χ1v) is 8.83. The van der Waals surface area contributed by atoms with Gasteiger partial charge in [-0.1, -0.05) is 35.5 Å². The molecule has 2 rings (SSSR count). The second-order valence-electron chi connectivity index (χ2n) is 4.43. The summed E-state index contributed by atoms with van der Waals surface area (Å²) in [6.45, 7) is 4.38. The summed E-state index contributed by atoms with van der Waals surface area (Å²) in [6.07, 6.45) is 0. The maximum absolute atomic E-state index is 9.70. The topological polar surface area (TPSA) is 20.2 Å². The first-order valence-electron chi connectivity index (χ1n) is 6.14. The van der Waals surface area contributed by atoms with Gasteiger partial charge >= 0.3 is 0 Å². The maximum Gasteiger partial charge on any atom is 0.129 e. The highest BCUT2D eigenvalue weighted by atomic mass is 32.2. The highest BCUT2D eigenvalue weighted by Crippen LogP contribution is 2.26. The van der Waals surface area contributed by atoms with E-state index in [1.165, 1.54) is 16.3 Å². The van der Waals surface area contributed by atoms with Crippen molar-refractivity contribution in [3.8, 4) is 5.75 Å². The van der Waals surface area contributed by atoms with Gasteiger partial charge in [-0.3, -0.25) is 0 Å². The van der Waals surface area contributed by atoms with Gasteiger partial charge in [0.05, 0.1) is 9.52 Å². The summed E-state index contributed by atoms with van der Waals surface area (Å²) in [5.74, 6) is 0.400. The van der Waals surface area contributed by atoms with Crippen LogP contribution in [0.3, 0.4) is 0 Å². The van der Waals surface area contributed by atoms with Crippen molar-refractivity contribution >= 4 is 26.5 Å². The predicted molar refractivity (Wildman–Crippen MR) is 82.9 cm³/mol. The minimum atomic E-state index is -0.270. The number of phenols is 1. The van der Waals surface area contributed by atoms with Crippen molar-refractivity contribution in [2.24, 2.45) is 0 Å². The lowest BCUT2D eigenvalue weighted by atomic mass is 10.1. The van der Waals surface area contributed by atoms with Crippen molar-refractivity contribution < 1.29 is 5.11 Å². The number of rotatable bonds is 4. The molecule has 1 nitrogen and oxygen atoms in total. The van der Waals surface area contributed by atoms with Crippen LogP contribution in [0, 0.1) is 13.8 Å². The molecule has 0 saturated heterocycles. The Morgan fingerprint density at radius 3 is 2.61 bits per heavy atom. The Labute approximate surface area is 115 Å². The summed E-state index contributed by atoms with van der Waals surface area (Å²) in [5.41, 5.74) is 2.83. The van der Waals surface area contributed by atoms with Crippen LogP contribution >= 0.6 is 11.8 Å². The molecule has 0 radical (unpaired) electrons. The first-order chi connectivity index (χ1) is 8.68. The number of thioether (sulfide) groups is 1. The van der Waals surface area contributed by atoms with Crippen LogP contribution in [0.2, 0.25) is 0 Å². The van der Waals surface area contributed by atoms with Crippen LogP contribution in [0.5, 0.6) is 5.75 Å². The molecule has 18 heavy (non-hydrogen) atoms. The van der Waals surface area contributed by atoms with Crippen LogP contribution in [0.25, 0.3) is 0 Å². The second kappa shape index (κ2) is 6.11. The Morgan fingerprint density at radius 1 is 1.06 bits per heavy atom. The van der Waals surface area contributed by atoms with Gasteiger partial charge in [-0.2, -0.15) is 0 Å². The fourth-order valence-corrected chi connectivity index (χ4v) is 5.45. The molecule has 0 fully saturated rings. The highest BCUT2D eigenvalue weighted by molar-refractivity contribution is 8.00. The fraction of sp³-hybridized carbons (Fsp3) is 0.200. The Hall–Kier alpha value is -1.19. The number of aromatic hydroxyl groups is 1. The molecule has 3 heteroatoms. The Balaban J connectivity index is 1.97. The molecule has 0 bridgehead atoms. The van der Waals surface area contributed by atoms with Crippen LogP contribution in [-0.4, -0.2) is 20.0 Å². The van der Waals surface area contributed by atoms with Gasteiger partial charge in [0.15, 0.2) is 0 Å². The average Bonchev–Trinajstić information content (AvgIpc) is 2.37. The lowest BCUT2D eigenvalue weighted by molar-refractivity contribution is 0.462. The van der Waals surface area contributed by atoms with E-state index in [1.54, 1.807) is 17.8 Å². The van der Waals surface area contributed by atoms with Crippen molar-refractivity contribution in [1.82, 2.24) is 0 Å². The number of phenolic OH excluding ortho intramolecular Hbond substituents is 1. The van der Waals surface area contributed by atoms with E-state index in [0.717, 1.165) is 10.3 Å². The minimum absolute atomic E-state index is 0.270. The lowest BCUT2D eigenvalue weighted by Gasteiger charge is -2.08. The van der Waals surface area contributed by atoms with Gasteiger partial charge < -0.3 is 5.11 Å². The van der Waals surface area contributed by atoms with E-state index >= 15 is 0 Å². The highest BCUT2D eigenvalue weighted by Gasteiger charge is 2.04. The third-order valence-corrected chi connectivity index (χ3v) is 6.80. The van der Waals surface area contributed by atoms with Gasteiger partial charge in [0.25, 0.3) is 0 Å². The van der Waals surface area contributed by atoms with Crippen LogP contribution < -0.4 is 5.19 Å². The zero-order valence-electron chi connectivity index (χ0n) is 10.8. The number of para-hydroxylation sites is 1. The number of hydrogen-bond donors (Lipinski definition) is 1. The zero-order valence-corrected chi connectivity index (χ0v) is 13.0. The summed E-state index contributed by atoms with van der Waals surface area (Å²) in [6, 6.07) is 14.1. The van der Waals surface area contributed by atoms with Crippen LogP contribution in [0.15, 0.2) is 47.4 Å². The van der Waals surface area contributed by atoms with Crippen LogP contribution in [0.4, 0.5) is 0 Å². The van der Waals surface area contributed by atoms with Gasteiger partial charge in [0.2, 0.25) is 0 Å². The monoisotopic (exact) mass is 274 g/mol. The van der Waals surface area contributed by atoms with Crippen molar-refractivity contribution in [3.05, 3.63) is 53.6 Å². The Kier molecular flexibility index (Phi) is 4.50. The molecule has 0 aliphatic heterocycles. The Bertz CT molecular complexity index is 540. The molecule has 0 aromatic heterocycles. The summed E-state index contributed by atoms with van der Waals surface area (Å²) in [5, 5.41) is 12.4. The third kappa shape index (κ3) is 3.18. The van der Waals surface area contributed by atoms with Gasteiger partial charge in [-0.25, -0.2) is 0 Å². The molecule has 0 saturated carbocycles. The standard InChI is InChI=1S/C15H18OSSi/c1-11-6-5-9-15(12(11)2)18-10-17-14-8-4-3-7-13(14)16/h3-9,16H,10,18H2,1-2H3. The summed E-state index contributed by atoms with van der Waals surface area (Å²) < 4.78 is 0. The second-order valence-corrected chi connectivity index (χ2v) is 8.05. The van der Waals surface area contributed by atoms with Gasteiger partial charge in [-0.15, -0.1) is 11.8 Å². The van der Waals surface area contributed by atoms with E-state index in [1.807, 2.05) is 18.2 Å². The van der Waals surface area contributed by atoms with Crippen molar-refractivity contribution in [2.75, 3.05) is 5.38 Å².